The Bertz CT molecular complexity index is 1500. The Morgan fingerprint density at radius 3 is 2.83 bits per heavy atom. The molecule has 0 radical (unpaired) electrons. The van der Waals surface area contributed by atoms with Gasteiger partial charge in [0, 0.05) is 42.1 Å². The number of carbonyl (C=O) groups is 1. The van der Waals surface area contributed by atoms with E-state index in [0.717, 1.165) is 70.7 Å². The van der Waals surface area contributed by atoms with E-state index in [2.05, 4.69) is 27.3 Å². The van der Waals surface area contributed by atoms with Gasteiger partial charge in [-0.15, -0.1) is 0 Å². The lowest BCUT2D eigenvalue weighted by atomic mass is 10.0. The van der Waals surface area contributed by atoms with E-state index in [1.807, 2.05) is 23.1 Å². The Morgan fingerprint density at radius 2 is 2.03 bits per heavy atom. The van der Waals surface area contributed by atoms with Gasteiger partial charge in [-0.05, 0) is 61.4 Å². The second-order valence-corrected chi connectivity index (χ2v) is 10.6. The Hall–Kier alpha value is -3.36. The SMILES string of the molecule is N[C@@H]1CCCN(C(=O)c2cc3c4c(c2)nc(-c2cc5ccc(CO)cc5n2CC2CC2)n4CCO3)C1. The number of aromatic nitrogens is 3. The number of ether oxygens (including phenoxy) is 1. The lowest BCUT2D eigenvalue weighted by Gasteiger charge is -2.31. The van der Waals surface area contributed by atoms with Crippen LogP contribution in [0, 0.1) is 5.92 Å². The number of benzene rings is 2. The van der Waals surface area contributed by atoms with Crippen LogP contribution in [0.1, 0.15) is 41.6 Å². The van der Waals surface area contributed by atoms with Crippen molar-refractivity contribution in [2.45, 2.75) is 51.4 Å². The van der Waals surface area contributed by atoms with E-state index < -0.39 is 0 Å². The minimum absolute atomic E-state index is 0.00652. The van der Waals surface area contributed by atoms with Crippen molar-refractivity contribution < 1.29 is 14.6 Å². The highest BCUT2D eigenvalue weighted by Gasteiger charge is 2.29. The van der Waals surface area contributed by atoms with Crippen LogP contribution in [0.2, 0.25) is 0 Å². The monoisotopic (exact) mass is 485 g/mol. The van der Waals surface area contributed by atoms with Crippen LogP contribution >= 0.6 is 0 Å². The number of hydrogen-bond acceptors (Lipinski definition) is 5. The van der Waals surface area contributed by atoms with E-state index in [-0.39, 0.29) is 18.6 Å². The molecule has 8 heteroatoms. The van der Waals surface area contributed by atoms with E-state index in [1.165, 1.54) is 12.8 Å². The van der Waals surface area contributed by atoms with Crippen LogP contribution in [-0.2, 0) is 19.7 Å². The van der Waals surface area contributed by atoms with Crippen LogP contribution < -0.4 is 10.5 Å². The van der Waals surface area contributed by atoms with Gasteiger partial charge in [0.2, 0.25) is 0 Å². The summed E-state index contributed by atoms with van der Waals surface area (Å²) in [5.74, 6) is 2.30. The molecule has 0 bridgehead atoms. The maximum Gasteiger partial charge on any atom is 0.254 e. The van der Waals surface area contributed by atoms with E-state index in [4.69, 9.17) is 15.5 Å². The average Bonchev–Trinajstić information content (AvgIpc) is 3.55. The van der Waals surface area contributed by atoms with Crippen molar-refractivity contribution >= 4 is 27.8 Å². The summed E-state index contributed by atoms with van der Waals surface area (Å²) < 4.78 is 10.7. The zero-order valence-electron chi connectivity index (χ0n) is 20.3. The van der Waals surface area contributed by atoms with Gasteiger partial charge in [-0.2, -0.15) is 0 Å². The highest BCUT2D eigenvalue weighted by Crippen LogP contribution is 2.39. The molecule has 1 atom stereocenters. The Balaban J connectivity index is 1.37. The number of nitrogens with zero attached hydrogens (tertiary/aromatic N) is 4. The van der Waals surface area contributed by atoms with E-state index in [0.29, 0.717) is 31.2 Å². The minimum atomic E-state index is -0.00652. The van der Waals surface area contributed by atoms with Gasteiger partial charge in [-0.1, -0.05) is 12.1 Å². The third kappa shape index (κ3) is 3.59. The maximum absolute atomic E-state index is 13.4. The van der Waals surface area contributed by atoms with Crippen molar-refractivity contribution in [1.29, 1.82) is 0 Å². The van der Waals surface area contributed by atoms with Crippen molar-refractivity contribution in [3.63, 3.8) is 0 Å². The second-order valence-electron chi connectivity index (χ2n) is 10.6. The van der Waals surface area contributed by atoms with Crippen LogP contribution in [0.5, 0.6) is 5.75 Å². The molecular weight excluding hydrogens is 454 g/mol. The molecule has 186 valence electrons. The predicted octanol–water partition coefficient (Wildman–Crippen LogP) is 3.52. The topological polar surface area (TPSA) is 98.5 Å². The lowest BCUT2D eigenvalue weighted by molar-refractivity contribution is 0.0708. The summed E-state index contributed by atoms with van der Waals surface area (Å²) in [6.45, 7) is 3.54. The molecule has 1 saturated heterocycles. The number of fused-ring (bicyclic) bond motifs is 1. The molecule has 8 nitrogen and oxygen atoms in total. The maximum atomic E-state index is 13.4. The number of aliphatic hydroxyl groups excluding tert-OH is 1. The predicted molar refractivity (Wildman–Crippen MR) is 138 cm³/mol. The summed E-state index contributed by atoms with van der Waals surface area (Å²) in [6, 6.07) is 12.2. The van der Waals surface area contributed by atoms with Gasteiger partial charge >= 0.3 is 0 Å². The summed E-state index contributed by atoms with van der Waals surface area (Å²) in [4.78, 5) is 20.3. The van der Waals surface area contributed by atoms with Crippen molar-refractivity contribution in [3.8, 4) is 17.3 Å². The van der Waals surface area contributed by atoms with E-state index in [1.54, 1.807) is 0 Å². The fourth-order valence-corrected chi connectivity index (χ4v) is 5.84. The van der Waals surface area contributed by atoms with Crippen LogP contribution in [-0.4, -0.2) is 55.8 Å². The number of nitrogens with two attached hydrogens (primary N) is 1. The number of imidazole rings is 1. The van der Waals surface area contributed by atoms with Crippen LogP contribution in [0.25, 0.3) is 33.5 Å². The fraction of sp³-hybridized carbons (Fsp3) is 0.429. The lowest BCUT2D eigenvalue weighted by Crippen LogP contribution is -2.45. The van der Waals surface area contributed by atoms with Gasteiger partial charge in [0.15, 0.2) is 5.82 Å². The molecule has 0 unspecified atom stereocenters. The Labute approximate surface area is 209 Å². The normalized spacial score (nSPS) is 19.7. The van der Waals surface area contributed by atoms with Gasteiger partial charge in [-0.25, -0.2) is 4.98 Å². The molecule has 3 aliphatic rings. The first-order valence-electron chi connectivity index (χ1n) is 13.0. The molecule has 2 fully saturated rings. The zero-order valence-corrected chi connectivity index (χ0v) is 20.3. The standard InChI is InChI=1S/C28H31N5O3/c29-21-2-1-7-31(15-21)28(35)20-11-22-26-25(13-20)36-9-8-32(26)27(30-22)24-12-19-6-5-18(16-34)10-23(19)33(24)14-17-3-4-17/h5-6,10-13,17,21,34H,1-4,7-9,14-16,29H2/t21-/m1/s1. The van der Waals surface area contributed by atoms with Crippen molar-refractivity contribution in [2.24, 2.45) is 11.7 Å². The first-order valence-corrected chi connectivity index (χ1v) is 13.0. The van der Waals surface area contributed by atoms with Crippen LogP contribution in [0.15, 0.2) is 36.4 Å². The summed E-state index contributed by atoms with van der Waals surface area (Å²) >= 11 is 0. The van der Waals surface area contributed by atoms with Crippen LogP contribution in [0.4, 0.5) is 0 Å². The summed E-state index contributed by atoms with van der Waals surface area (Å²) in [5, 5.41) is 10.9. The van der Waals surface area contributed by atoms with E-state index in [9.17, 15) is 9.90 Å². The highest BCUT2D eigenvalue weighted by molar-refractivity contribution is 6.00. The van der Waals surface area contributed by atoms with Crippen LogP contribution in [0.3, 0.4) is 0 Å². The molecule has 1 amide bonds. The second kappa shape index (κ2) is 8.35. The molecule has 2 aromatic heterocycles. The molecule has 2 aromatic carbocycles. The molecule has 36 heavy (non-hydrogen) atoms. The third-order valence-electron chi connectivity index (χ3n) is 7.89. The van der Waals surface area contributed by atoms with Crippen molar-refractivity contribution in [2.75, 3.05) is 19.7 Å². The summed E-state index contributed by atoms with van der Waals surface area (Å²) in [7, 11) is 0. The first-order chi connectivity index (χ1) is 17.6. The number of aliphatic hydroxyl groups is 1. The quantitative estimate of drug-likeness (QED) is 0.451. The third-order valence-corrected chi connectivity index (χ3v) is 7.89. The molecule has 1 aliphatic carbocycles. The number of hydrogen-bond donors (Lipinski definition) is 2. The number of carbonyl (C=O) groups excluding carboxylic acids is 1. The first kappa shape index (κ1) is 21.9. The molecule has 4 heterocycles. The van der Waals surface area contributed by atoms with Gasteiger partial charge in [0.25, 0.3) is 5.91 Å². The molecular formula is C28H31N5O3. The molecule has 4 aromatic rings. The number of piperidine rings is 1. The average molecular weight is 486 g/mol. The minimum Gasteiger partial charge on any atom is -0.489 e. The highest BCUT2D eigenvalue weighted by atomic mass is 16.5. The zero-order chi connectivity index (χ0) is 24.4. The smallest absolute Gasteiger partial charge is 0.254 e. The summed E-state index contributed by atoms with van der Waals surface area (Å²) in [6.07, 6.45) is 4.39. The number of likely N-dealkylation sites (tertiary alicyclic amines) is 1. The molecule has 0 spiro atoms. The van der Waals surface area contributed by atoms with Gasteiger partial charge in [0.1, 0.15) is 17.9 Å². The largest absolute Gasteiger partial charge is 0.489 e. The Morgan fingerprint density at radius 1 is 1.14 bits per heavy atom. The fourth-order valence-electron chi connectivity index (χ4n) is 5.84. The van der Waals surface area contributed by atoms with Gasteiger partial charge < -0.3 is 29.6 Å². The number of amides is 1. The Kier molecular flexibility index (Phi) is 5.08. The van der Waals surface area contributed by atoms with Crippen molar-refractivity contribution in [3.05, 3.63) is 47.5 Å². The van der Waals surface area contributed by atoms with Gasteiger partial charge in [-0.3, -0.25) is 4.79 Å². The summed E-state index contributed by atoms with van der Waals surface area (Å²) in [5.41, 5.74) is 11.6. The molecule has 3 N–H and O–H groups in total. The molecule has 7 rings (SSSR count). The molecule has 2 aliphatic heterocycles. The molecule has 1 saturated carbocycles. The van der Waals surface area contributed by atoms with Crippen molar-refractivity contribution in [1.82, 2.24) is 19.0 Å². The van der Waals surface area contributed by atoms with E-state index >= 15 is 0 Å². The number of rotatable bonds is 5. The van der Waals surface area contributed by atoms with Gasteiger partial charge in [0.05, 0.1) is 24.4 Å².